The molecule has 0 aliphatic heterocycles. The standard InChI is InChI=1S/C10H19N3O/c1-9(2)12-8-10-11-4-6-13(10)5-3-7-14/h4,6,9,12,14H,3,5,7-8H2,1-2H3. The Labute approximate surface area is 85.0 Å². The highest BCUT2D eigenvalue weighted by molar-refractivity contribution is 4.92. The molecule has 2 N–H and O–H groups in total. The van der Waals surface area contributed by atoms with E-state index in [0.29, 0.717) is 6.04 Å². The van der Waals surface area contributed by atoms with E-state index >= 15 is 0 Å². The summed E-state index contributed by atoms with van der Waals surface area (Å²) in [6.07, 6.45) is 4.53. The maximum absolute atomic E-state index is 8.72. The Morgan fingerprint density at radius 2 is 2.36 bits per heavy atom. The van der Waals surface area contributed by atoms with Gasteiger partial charge in [0.05, 0.1) is 6.54 Å². The first-order valence-corrected chi connectivity index (χ1v) is 5.08. The molecule has 80 valence electrons. The minimum atomic E-state index is 0.231. The van der Waals surface area contributed by atoms with Gasteiger partial charge in [0.15, 0.2) is 0 Å². The second-order valence-corrected chi connectivity index (χ2v) is 3.65. The molecule has 0 aliphatic rings. The fourth-order valence-electron chi connectivity index (χ4n) is 1.25. The van der Waals surface area contributed by atoms with Gasteiger partial charge in [-0.25, -0.2) is 4.98 Å². The highest BCUT2D eigenvalue weighted by Crippen LogP contribution is 1.99. The monoisotopic (exact) mass is 197 g/mol. The third kappa shape index (κ3) is 3.47. The molecular formula is C10H19N3O. The molecule has 0 aliphatic carbocycles. The zero-order valence-electron chi connectivity index (χ0n) is 8.90. The van der Waals surface area contributed by atoms with Crippen LogP contribution in [0.5, 0.6) is 0 Å². The molecule has 0 saturated heterocycles. The topological polar surface area (TPSA) is 50.1 Å². The van der Waals surface area contributed by atoms with Gasteiger partial charge in [0.2, 0.25) is 0 Å². The van der Waals surface area contributed by atoms with E-state index in [4.69, 9.17) is 5.11 Å². The Morgan fingerprint density at radius 3 is 3.00 bits per heavy atom. The highest BCUT2D eigenvalue weighted by atomic mass is 16.3. The smallest absolute Gasteiger partial charge is 0.122 e. The van der Waals surface area contributed by atoms with Crippen LogP contribution in [-0.4, -0.2) is 27.3 Å². The Hall–Kier alpha value is -0.870. The summed E-state index contributed by atoms with van der Waals surface area (Å²) >= 11 is 0. The summed E-state index contributed by atoms with van der Waals surface area (Å²) in [7, 11) is 0. The van der Waals surface area contributed by atoms with Crippen LogP contribution in [0.25, 0.3) is 0 Å². The number of rotatable bonds is 6. The van der Waals surface area contributed by atoms with Crippen LogP contribution in [0.3, 0.4) is 0 Å². The molecule has 0 unspecified atom stereocenters. The molecule has 14 heavy (non-hydrogen) atoms. The minimum absolute atomic E-state index is 0.231. The molecule has 0 fully saturated rings. The Balaban J connectivity index is 2.45. The molecule has 0 radical (unpaired) electrons. The van der Waals surface area contributed by atoms with E-state index in [1.54, 1.807) is 6.20 Å². The lowest BCUT2D eigenvalue weighted by atomic mass is 10.4. The predicted molar refractivity (Wildman–Crippen MR) is 55.9 cm³/mol. The average Bonchev–Trinajstić information content (AvgIpc) is 2.58. The molecule has 1 aromatic heterocycles. The first kappa shape index (κ1) is 11.2. The van der Waals surface area contributed by atoms with Crippen molar-refractivity contribution in [3.05, 3.63) is 18.2 Å². The average molecular weight is 197 g/mol. The van der Waals surface area contributed by atoms with Crippen molar-refractivity contribution in [3.8, 4) is 0 Å². The number of aliphatic hydroxyl groups excluding tert-OH is 1. The van der Waals surface area contributed by atoms with Crippen LogP contribution >= 0.6 is 0 Å². The van der Waals surface area contributed by atoms with Gasteiger partial charge in [0, 0.05) is 31.6 Å². The van der Waals surface area contributed by atoms with Crippen molar-refractivity contribution in [2.24, 2.45) is 0 Å². The molecule has 1 rings (SSSR count). The summed E-state index contributed by atoms with van der Waals surface area (Å²) in [6.45, 7) is 6.08. The predicted octanol–water partition coefficient (Wildman–Crippen LogP) is 0.763. The van der Waals surface area contributed by atoms with Gasteiger partial charge in [-0.2, -0.15) is 0 Å². The van der Waals surface area contributed by atoms with Crippen molar-refractivity contribution < 1.29 is 5.11 Å². The van der Waals surface area contributed by atoms with Crippen molar-refractivity contribution >= 4 is 0 Å². The number of nitrogens with one attached hydrogen (secondary N) is 1. The van der Waals surface area contributed by atoms with Gasteiger partial charge >= 0.3 is 0 Å². The van der Waals surface area contributed by atoms with Gasteiger partial charge in [0.1, 0.15) is 5.82 Å². The van der Waals surface area contributed by atoms with Gasteiger partial charge in [-0.15, -0.1) is 0 Å². The molecule has 4 nitrogen and oxygen atoms in total. The van der Waals surface area contributed by atoms with E-state index < -0.39 is 0 Å². The second kappa shape index (κ2) is 5.78. The molecule has 0 spiro atoms. The SMILES string of the molecule is CC(C)NCc1nccn1CCCO. The van der Waals surface area contributed by atoms with E-state index in [1.165, 1.54) is 0 Å². The van der Waals surface area contributed by atoms with Crippen LogP contribution in [0.2, 0.25) is 0 Å². The van der Waals surface area contributed by atoms with E-state index in [1.807, 2.05) is 6.20 Å². The first-order valence-electron chi connectivity index (χ1n) is 5.08. The Morgan fingerprint density at radius 1 is 1.57 bits per heavy atom. The van der Waals surface area contributed by atoms with Crippen LogP contribution in [-0.2, 0) is 13.1 Å². The summed E-state index contributed by atoms with van der Waals surface area (Å²) in [5.41, 5.74) is 0. The van der Waals surface area contributed by atoms with Crippen LogP contribution in [0.15, 0.2) is 12.4 Å². The van der Waals surface area contributed by atoms with Crippen LogP contribution in [0, 0.1) is 0 Å². The summed E-state index contributed by atoms with van der Waals surface area (Å²) < 4.78 is 2.08. The minimum Gasteiger partial charge on any atom is -0.396 e. The molecule has 0 saturated carbocycles. The van der Waals surface area contributed by atoms with Gasteiger partial charge < -0.3 is 15.0 Å². The van der Waals surface area contributed by atoms with Crippen molar-refractivity contribution in [2.45, 2.75) is 39.4 Å². The van der Waals surface area contributed by atoms with Crippen molar-refractivity contribution in [1.29, 1.82) is 0 Å². The molecule has 1 heterocycles. The van der Waals surface area contributed by atoms with Crippen LogP contribution < -0.4 is 5.32 Å². The van der Waals surface area contributed by atoms with E-state index in [9.17, 15) is 0 Å². The zero-order chi connectivity index (χ0) is 10.4. The molecule has 0 aromatic carbocycles. The fraction of sp³-hybridized carbons (Fsp3) is 0.700. The van der Waals surface area contributed by atoms with Crippen molar-refractivity contribution in [2.75, 3.05) is 6.61 Å². The van der Waals surface area contributed by atoms with Crippen molar-refractivity contribution in [3.63, 3.8) is 0 Å². The van der Waals surface area contributed by atoms with Crippen LogP contribution in [0.1, 0.15) is 26.1 Å². The maximum atomic E-state index is 8.72. The third-order valence-corrected chi connectivity index (χ3v) is 2.03. The maximum Gasteiger partial charge on any atom is 0.122 e. The quantitative estimate of drug-likeness (QED) is 0.708. The van der Waals surface area contributed by atoms with Crippen LogP contribution in [0.4, 0.5) is 0 Å². The summed E-state index contributed by atoms with van der Waals surface area (Å²) in [5, 5.41) is 12.0. The van der Waals surface area contributed by atoms with Gasteiger partial charge in [0.25, 0.3) is 0 Å². The number of hydrogen-bond acceptors (Lipinski definition) is 3. The highest BCUT2D eigenvalue weighted by Gasteiger charge is 2.02. The number of hydrogen-bond donors (Lipinski definition) is 2. The zero-order valence-corrected chi connectivity index (χ0v) is 8.90. The van der Waals surface area contributed by atoms with E-state index in [-0.39, 0.29) is 6.61 Å². The normalized spacial score (nSPS) is 11.1. The van der Waals surface area contributed by atoms with Gasteiger partial charge in [-0.3, -0.25) is 0 Å². The van der Waals surface area contributed by atoms with Gasteiger partial charge in [-0.05, 0) is 6.42 Å². The number of imidazole rings is 1. The largest absolute Gasteiger partial charge is 0.396 e. The summed E-state index contributed by atoms with van der Waals surface area (Å²) in [6, 6.07) is 0.470. The molecule has 0 amide bonds. The number of aryl methyl sites for hydroxylation is 1. The number of aromatic nitrogens is 2. The molecule has 4 heteroatoms. The third-order valence-electron chi connectivity index (χ3n) is 2.03. The second-order valence-electron chi connectivity index (χ2n) is 3.65. The summed E-state index contributed by atoms with van der Waals surface area (Å²) in [4.78, 5) is 4.26. The number of aliphatic hydroxyl groups is 1. The summed E-state index contributed by atoms with van der Waals surface area (Å²) in [5.74, 6) is 1.03. The van der Waals surface area contributed by atoms with E-state index in [0.717, 1.165) is 25.3 Å². The lowest BCUT2D eigenvalue weighted by Gasteiger charge is -2.10. The lowest BCUT2D eigenvalue weighted by Crippen LogP contribution is -2.24. The molecule has 0 bridgehead atoms. The lowest BCUT2D eigenvalue weighted by molar-refractivity contribution is 0.278. The fourth-order valence-corrected chi connectivity index (χ4v) is 1.25. The van der Waals surface area contributed by atoms with Crippen molar-refractivity contribution in [1.82, 2.24) is 14.9 Å². The molecule has 0 atom stereocenters. The Kier molecular flexibility index (Phi) is 4.62. The first-order chi connectivity index (χ1) is 6.74. The number of nitrogens with zero attached hydrogens (tertiary/aromatic N) is 2. The van der Waals surface area contributed by atoms with E-state index in [2.05, 4.69) is 28.7 Å². The Bertz CT molecular complexity index is 258. The van der Waals surface area contributed by atoms with Gasteiger partial charge in [-0.1, -0.05) is 13.8 Å². The molecule has 1 aromatic rings. The molecular weight excluding hydrogens is 178 g/mol.